The smallest absolute Gasteiger partial charge is 0.225 e. The highest BCUT2D eigenvalue weighted by molar-refractivity contribution is 5.89. The van der Waals surface area contributed by atoms with Gasteiger partial charge in [-0.05, 0) is 40.0 Å². The summed E-state index contributed by atoms with van der Waals surface area (Å²) in [6.07, 6.45) is 2.87. The Hall–Kier alpha value is -1.10. The highest BCUT2D eigenvalue weighted by atomic mass is 16.3. The molecule has 0 bridgehead atoms. The van der Waals surface area contributed by atoms with Crippen molar-refractivity contribution < 1.29 is 14.7 Å². The third-order valence-corrected chi connectivity index (χ3v) is 3.44. The van der Waals surface area contributed by atoms with E-state index >= 15 is 0 Å². The van der Waals surface area contributed by atoms with Crippen LogP contribution in [-0.2, 0) is 9.59 Å². The molecule has 1 fully saturated rings. The van der Waals surface area contributed by atoms with Crippen molar-refractivity contribution in [3.8, 4) is 0 Å². The molecule has 19 heavy (non-hydrogen) atoms. The van der Waals surface area contributed by atoms with Crippen molar-refractivity contribution in [1.29, 1.82) is 0 Å². The summed E-state index contributed by atoms with van der Waals surface area (Å²) < 4.78 is 0. The van der Waals surface area contributed by atoms with Crippen molar-refractivity contribution in [1.82, 2.24) is 10.2 Å². The zero-order valence-electron chi connectivity index (χ0n) is 12.2. The first-order valence-electron chi connectivity index (χ1n) is 7.05. The van der Waals surface area contributed by atoms with Crippen molar-refractivity contribution in [3.63, 3.8) is 0 Å². The van der Waals surface area contributed by atoms with Gasteiger partial charge in [-0.15, -0.1) is 0 Å². The standard InChI is InChI=1S/C14H26N2O3/c1-14(2,3)16-10-11(9-12(16)18)13(19)15-7-5-4-6-8-17/h11,17H,4-10H2,1-3H3,(H,15,19). The largest absolute Gasteiger partial charge is 0.396 e. The van der Waals surface area contributed by atoms with Crippen LogP contribution in [0.4, 0.5) is 0 Å². The second-order valence-electron chi connectivity index (χ2n) is 6.15. The highest BCUT2D eigenvalue weighted by Crippen LogP contribution is 2.25. The van der Waals surface area contributed by atoms with Crippen LogP contribution in [0.1, 0.15) is 46.5 Å². The Bertz CT molecular complexity index is 323. The third-order valence-electron chi connectivity index (χ3n) is 3.44. The molecule has 0 radical (unpaired) electrons. The van der Waals surface area contributed by atoms with Gasteiger partial charge in [0.25, 0.3) is 0 Å². The minimum atomic E-state index is -0.218. The van der Waals surface area contributed by atoms with Gasteiger partial charge in [-0.2, -0.15) is 0 Å². The van der Waals surface area contributed by atoms with Gasteiger partial charge >= 0.3 is 0 Å². The molecule has 1 atom stereocenters. The van der Waals surface area contributed by atoms with Crippen LogP contribution in [0, 0.1) is 5.92 Å². The number of unbranched alkanes of at least 4 members (excludes halogenated alkanes) is 2. The summed E-state index contributed by atoms with van der Waals surface area (Å²) in [5.74, 6) is -0.179. The summed E-state index contributed by atoms with van der Waals surface area (Å²) in [7, 11) is 0. The van der Waals surface area contributed by atoms with Gasteiger partial charge < -0.3 is 15.3 Å². The van der Waals surface area contributed by atoms with Crippen LogP contribution in [0.5, 0.6) is 0 Å². The van der Waals surface area contributed by atoms with Crippen LogP contribution in [0.25, 0.3) is 0 Å². The third kappa shape index (κ3) is 4.82. The summed E-state index contributed by atoms with van der Waals surface area (Å²) in [6, 6.07) is 0. The summed E-state index contributed by atoms with van der Waals surface area (Å²) in [4.78, 5) is 25.6. The lowest BCUT2D eigenvalue weighted by atomic mass is 10.1. The summed E-state index contributed by atoms with van der Waals surface area (Å²) >= 11 is 0. The molecule has 0 spiro atoms. The zero-order chi connectivity index (χ0) is 14.5. The number of rotatable bonds is 6. The molecule has 1 aliphatic heterocycles. The lowest BCUT2D eigenvalue weighted by Gasteiger charge is -2.31. The van der Waals surface area contributed by atoms with E-state index in [1.807, 2.05) is 20.8 Å². The Balaban J connectivity index is 2.33. The molecule has 2 amide bonds. The molecule has 1 rings (SSSR count). The molecule has 5 heteroatoms. The summed E-state index contributed by atoms with van der Waals surface area (Å²) in [5.41, 5.74) is -0.215. The number of hydrogen-bond acceptors (Lipinski definition) is 3. The first-order valence-corrected chi connectivity index (χ1v) is 7.05. The number of aliphatic hydroxyl groups is 1. The van der Waals surface area contributed by atoms with E-state index in [2.05, 4.69) is 5.32 Å². The maximum absolute atomic E-state index is 12.0. The number of carbonyl (C=O) groups excluding carboxylic acids is 2. The van der Waals surface area contributed by atoms with E-state index in [0.717, 1.165) is 19.3 Å². The average Bonchev–Trinajstić information content (AvgIpc) is 2.70. The van der Waals surface area contributed by atoms with Crippen molar-refractivity contribution in [3.05, 3.63) is 0 Å². The van der Waals surface area contributed by atoms with E-state index < -0.39 is 0 Å². The number of hydrogen-bond donors (Lipinski definition) is 2. The predicted molar refractivity (Wildman–Crippen MR) is 73.5 cm³/mol. The topological polar surface area (TPSA) is 69.6 Å². The van der Waals surface area contributed by atoms with Crippen molar-refractivity contribution in [2.45, 2.75) is 52.0 Å². The monoisotopic (exact) mass is 270 g/mol. The molecule has 0 saturated carbocycles. The quantitative estimate of drug-likeness (QED) is 0.705. The second kappa shape index (κ2) is 6.89. The second-order valence-corrected chi connectivity index (χ2v) is 6.15. The van der Waals surface area contributed by atoms with E-state index in [-0.39, 0.29) is 29.9 Å². The Morgan fingerprint density at radius 1 is 1.37 bits per heavy atom. The van der Waals surface area contributed by atoms with Crippen LogP contribution in [-0.4, -0.2) is 47.1 Å². The number of nitrogens with one attached hydrogen (secondary N) is 1. The average molecular weight is 270 g/mol. The number of likely N-dealkylation sites (tertiary alicyclic amines) is 1. The van der Waals surface area contributed by atoms with Crippen LogP contribution < -0.4 is 5.32 Å². The van der Waals surface area contributed by atoms with Gasteiger partial charge in [0.15, 0.2) is 0 Å². The Kier molecular flexibility index (Phi) is 5.79. The van der Waals surface area contributed by atoms with Crippen molar-refractivity contribution >= 4 is 11.8 Å². The van der Waals surface area contributed by atoms with E-state index in [1.165, 1.54) is 0 Å². The Labute approximate surface area is 115 Å². The first-order chi connectivity index (χ1) is 8.86. The van der Waals surface area contributed by atoms with Crippen LogP contribution in [0.2, 0.25) is 0 Å². The van der Waals surface area contributed by atoms with Crippen LogP contribution in [0.3, 0.4) is 0 Å². The fraction of sp³-hybridized carbons (Fsp3) is 0.857. The maximum atomic E-state index is 12.0. The molecular formula is C14H26N2O3. The van der Waals surface area contributed by atoms with E-state index in [4.69, 9.17) is 5.11 Å². The molecule has 1 saturated heterocycles. The predicted octanol–water partition coefficient (Wildman–Crippen LogP) is 0.912. The van der Waals surface area contributed by atoms with E-state index in [0.29, 0.717) is 19.5 Å². The molecule has 0 aromatic rings. The number of nitrogens with zero attached hydrogens (tertiary/aromatic N) is 1. The number of carbonyl (C=O) groups is 2. The first kappa shape index (κ1) is 16.0. The molecular weight excluding hydrogens is 244 g/mol. The van der Waals surface area contributed by atoms with E-state index in [1.54, 1.807) is 4.90 Å². The molecule has 0 aromatic carbocycles. The number of aliphatic hydroxyl groups excluding tert-OH is 1. The summed E-state index contributed by atoms with van der Waals surface area (Å²) in [5, 5.41) is 11.5. The van der Waals surface area contributed by atoms with E-state index in [9.17, 15) is 9.59 Å². The molecule has 5 nitrogen and oxygen atoms in total. The van der Waals surface area contributed by atoms with Crippen LogP contribution in [0.15, 0.2) is 0 Å². The van der Waals surface area contributed by atoms with Gasteiger partial charge in [-0.3, -0.25) is 9.59 Å². The molecule has 2 N–H and O–H groups in total. The minimum Gasteiger partial charge on any atom is -0.396 e. The van der Waals surface area contributed by atoms with Crippen molar-refractivity contribution in [2.75, 3.05) is 19.7 Å². The molecule has 110 valence electrons. The molecule has 0 aromatic heterocycles. The molecule has 0 aliphatic carbocycles. The lowest BCUT2D eigenvalue weighted by molar-refractivity contribution is -0.132. The minimum absolute atomic E-state index is 0.0240. The Morgan fingerprint density at radius 2 is 2.05 bits per heavy atom. The van der Waals surface area contributed by atoms with Gasteiger partial charge in [-0.25, -0.2) is 0 Å². The molecule has 1 heterocycles. The van der Waals surface area contributed by atoms with Crippen LogP contribution >= 0.6 is 0 Å². The maximum Gasteiger partial charge on any atom is 0.225 e. The lowest BCUT2D eigenvalue weighted by Crippen LogP contribution is -2.43. The van der Waals surface area contributed by atoms with Gasteiger partial charge in [0.05, 0.1) is 5.92 Å². The Morgan fingerprint density at radius 3 is 2.58 bits per heavy atom. The van der Waals surface area contributed by atoms with Crippen molar-refractivity contribution in [2.24, 2.45) is 5.92 Å². The SMILES string of the molecule is CC(C)(C)N1CC(C(=O)NCCCCCO)CC1=O. The van der Waals surface area contributed by atoms with Gasteiger partial charge in [0.1, 0.15) is 0 Å². The normalized spacial score (nSPS) is 19.9. The van der Waals surface area contributed by atoms with Gasteiger partial charge in [0.2, 0.25) is 11.8 Å². The number of amides is 2. The summed E-state index contributed by atoms with van der Waals surface area (Å²) in [6.45, 7) is 7.30. The zero-order valence-corrected chi connectivity index (χ0v) is 12.2. The highest BCUT2D eigenvalue weighted by Gasteiger charge is 2.39. The fourth-order valence-electron chi connectivity index (χ4n) is 2.30. The molecule has 1 unspecified atom stereocenters. The van der Waals surface area contributed by atoms with Gasteiger partial charge in [-0.1, -0.05) is 0 Å². The molecule has 1 aliphatic rings. The fourth-order valence-corrected chi connectivity index (χ4v) is 2.30. The van der Waals surface area contributed by atoms with Gasteiger partial charge in [0, 0.05) is 31.7 Å².